The van der Waals surface area contributed by atoms with Gasteiger partial charge in [0.15, 0.2) is 0 Å². The van der Waals surface area contributed by atoms with Crippen LogP contribution in [-0.2, 0) is 0 Å². The molecule has 2 rings (SSSR count). The molecule has 0 saturated carbocycles. The van der Waals surface area contributed by atoms with Crippen molar-refractivity contribution in [3.05, 3.63) is 21.9 Å². The molecule has 0 aliphatic carbocycles. The van der Waals surface area contributed by atoms with Crippen LogP contribution in [0.15, 0.2) is 12.1 Å². The molecule has 1 aromatic heterocycles. The molecule has 2 heterocycles. The normalized spacial score (nSPS) is 24.6. The molecule has 0 unspecified atom stereocenters. The van der Waals surface area contributed by atoms with E-state index in [1.807, 2.05) is 12.1 Å². The van der Waals surface area contributed by atoms with Gasteiger partial charge in [0.25, 0.3) is 5.91 Å². The molecule has 100 valence electrons. The number of amides is 1. The van der Waals surface area contributed by atoms with Gasteiger partial charge in [0.2, 0.25) is 0 Å². The predicted molar refractivity (Wildman–Crippen MR) is 77.1 cm³/mol. The van der Waals surface area contributed by atoms with Crippen molar-refractivity contribution in [1.29, 1.82) is 0 Å². The van der Waals surface area contributed by atoms with Crippen LogP contribution < -0.4 is 0 Å². The van der Waals surface area contributed by atoms with Gasteiger partial charge in [-0.15, -0.1) is 11.3 Å². The van der Waals surface area contributed by atoms with E-state index < -0.39 is 0 Å². The molecule has 18 heavy (non-hydrogen) atoms. The molecule has 0 bridgehead atoms. The van der Waals surface area contributed by atoms with Gasteiger partial charge >= 0.3 is 0 Å². The van der Waals surface area contributed by atoms with E-state index in [1.165, 1.54) is 4.88 Å². The van der Waals surface area contributed by atoms with Crippen molar-refractivity contribution in [3.63, 3.8) is 0 Å². The SMILES string of the molecule is Cc1ccc(C(=O)N2CC[C@@H](C)[C@@H](C(C)C)C2)s1. The van der Waals surface area contributed by atoms with E-state index in [0.717, 1.165) is 30.3 Å². The molecule has 0 N–H and O–H groups in total. The minimum Gasteiger partial charge on any atom is -0.338 e. The summed E-state index contributed by atoms with van der Waals surface area (Å²) in [6, 6.07) is 4.00. The largest absolute Gasteiger partial charge is 0.338 e. The monoisotopic (exact) mass is 265 g/mol. The lowest BCUT2D eigenvalue weighted by Crippen LogP contribution is -2.44. The van der Waals surface area contributed by atoms with Crippen molar-refractivity contribution in [2.45, 2.75) is 34.1 Å². The van der Waals surface area contributed by atoms with Crippen LogP contribution in [0.3, 0.4) is 0 Å². The summed E-state index contributed by atoms with van der Waals surface area (Å²) in [6.45, 7) is 10.8. The fourth-order valence-electron chi connectivity index (χ4n) is 2.86. The number of carbonyl (C=O) groups excluding carboxylic acids is 1. The number of aryl methyl sites for hydroxylation is 1. The van der Waals surface area contributed by atoms with Crippen LogP contribution >= 0.6 is 11.3 Å². The highest BCUT2D eigenvalue weighted by atomic mass is 32.1. The summed E-state index contributed by atoms with van der Waals surface area (Å²) in [6.07, 6.45) is 1.14. The van der Waals surface area contributed by atoms with Crippen LogP contribution in [0.1, 0.15) is 41.7 Å². The number of nitrogens with zero attached hydrogens (tertiary/aromatic N) is 1. The molecular weight excluding hydrogens is 242 g/mol. The first-order valence-corrected chi connectivity index (χ1v) is 7.66. The molecule has 1 aromatic rings. The Bertz CT molecular complexity index is 424. The van der Waals surface area contributed by atoms with E-state index in [-0.39, 0.29) is 5.91 Å². The third-order valence-corrected chi connectivity index (χ3v) is 5.10. The highest BCUT2D eigenvalue weighted by Gasteiger charge is 2.31. The highest BCUT2D eigenvalue weighted by Crippen LogP contribution is 2.30. The molecule has 1 fully saturated rings. The van der Waals surface area contributed by atoms with Crippen molar-refractivity contribution >= 4 is 17.2 Å². The summed E-state index contributed by atoms with van der Waals surface area (Å²) in [5.41, 5.74) is 0. The number of carbonyl (C=O) groups is 1. The van der Waals surface area contributed by atoms with E-state index in [9.17, 15) is 4.79 Å². The topological polar surface area (TPSA) is 20.3 Å². The van der Waals surface area contributed by atoms with Crippen LogP contribution in [0, 0.1) is 24.7 Å². The minimum atomic E-state index is 0.227. The third-order valence-electron chi connectivity index (χ3n) is 4.11. The van der Waals surface area contributed by atoms with Gasteiger partial charge in [0.05, 0.1) is 4.88 Å². The number of thiophene rings is 1. The Kier molecular flexibility index (Phi) is 4.10. The molecule has 2 nitrogen and oxygen atoms in total. The summed E-state index contributed by atoms with van der Waals surface area (Å²) in [5.74, 6) is 2.26. The lowest BCUT2D eigenvalue weighted by Gasteiger charge is -2.39. The number of piperidine rings is 1. The molecular formula is C15H23NOS. The Morgan fingerprint density at radius 2 is 2.17 bits per heavy atom. The van der Waals surface area contributed by atoms with Gasteiger partial charge < -0.3 is 4.90 Å². The zero-order chi connectivity index (χ0) is 13.3. The zero-order valence-electron chi connectivity index (χ0n) is 11.8. The van der Waals surface area contributed by atoms with E-state index in [4.69, 9.17) is 0 Å². The first-order chi connectivity index (χ1) is 8.49. The molecule has 1 saturated heterocycles. The van der Waals surface area contributed by atoms with Gasteiger partial charge in [-0.25, -0.2) is 0 Å². The van der Waals surface area contributed by atoms with Crippen molar-refractivity contribution in [2.24, 2.45) is 17.8 Å². The molecule has 0 spiro atoms. The second-order valence-corrected chi connectivity index (χ2v) is 7.12. The van der Waals surface area contributed by atoms with Crippen LogP contribution in [0.4, 0.5) is 0 Å². The number of likely N-dealkylation sites (tertiary alicyclic amines) is 1. The number of hydrogen-bond donors (Lipinski definition) is 0. The highest BCUT2D eigenvalue weighted by molar-refractivity contribution is 7.13. The fourth-order valence-corrected chi connectivity index (χ4v) is 3.69. The molecule has 1 amide bonds. The maximum atomic E-state index is 12.4. The first kappa shape index (κ1) is 13.6. The van der Waals surface area contributed by atoms with Gasteiger partial charge in [-0.1, -0.05) is 20.8 Å². The van der Waals surface area contributed by atoms with Gasteiger partial charge in [0, 0.05) is 18.0 Å². The predicted octanol–water partition coefficient (Wildman–Crippen LogP) is 3.81. The zero-order valence-corrected chi connectivity index (χ0v) is 12.6. The van der Waals surface area contributed by atoms with Gasteiger partial charge in [-0.2, -0.15) is 0 Å². The van der Waals surface area contributed by atoms with Gasteiger partial charge in [0.1, 0.15) is 0 Å². The van der Waals surface area contributed by atoms with Crippen molar-refractivity contribution in [3.8, 4) is 0 Å². The smallest absolute Gasteiger partial charge is 0.263 e. The van der Waals surface area contributed by atoms with Crippen LogP contribution in [-0.4, -0.2) is 23.9 Å². The maximum absolute atomic E-state index is 12.4. The lowest BCUT2D eigenvalue weighted by molar-refractivity contribution is 0.0553. The van der Waals surface area contributed by atoms with E-state index in [0.29, 0.717) is 11.8 Å². The van der Waals surface area contributed by atoms with E-state index >= 15 is 0 Å². The Labute approximate surface area is 114 Å². The number of hydrogen-bond acceptors (Lipinski definition) is 2. The van der Waals surface area contributed by atoms with Gasteiger partial charge in [-0.05, 0) is 43.2 Å². The molecule has 2 atom stereocenters. The summed E-state index contributed by atoms with van der Waals surface area (Å²) in [7, 11) is 0. The van der Waals surface area contributed by atoms with E-state index in [2.05, 4.69) is 32.6 Å². The fraction of sp³-hybridized carbons (Fsp3) is 0.667. The minimum absolute atomic E-state index is 0.227. The Balaban J connectivity index is 2.08. The third kappa shape index (κ3) is 2.77. The lowest BCUT2D eigenvalue weighted by atomic mass is 9.79. The molecule has 1 aliphatic heterocycles. The van der Waals surface area contributed by atoms with Crippen LogP contribution in [0.25, 0.3) is 0 Å². The van der Waals surface area contributed by atoms with E-state index in [1.54, 1.807) is 11.3 Å². The van der Waals surface area contributed by atoms with Gasteiger partial charge in [-0.3, -0.25) is 4.79 Å². The molecule has 0 radical (unpaired) electrons. The summed E-state index contributed by atoms with van der Waals surface area (Å²) >= 11 is 1.61. The molecule has 1 aliphatic rings. The van der Waals surface area contributed by atoms with Crippen LogP contribution in [0.5, 0.6) is 0 Å². The Morgan fingerprint density at radius 3 is 2.72 bits per heavy atom. The quantitative estimate of drug-likeness (QED) is 0.796. The second kappa shape index (κ2) is 5.43. The second-order valence-electron chi connectivity index (χ2n) is 5.84. The molecule has 3 heteroatoms. The van der Waals surface area contributed by atoms with Crippen molar-refractivity contribution in [1.82, 2.24) is 4.90 Å². The van der Waals surface area contributed by atoms with Crippen molar-refractivity contribution in [2.75, 3.05) is 13.1 Å². The first-order valence-electron chi connectivity index (χ1n) is 6.84. The summed E-state index contributed by atoms with van der Waals surface area (Å²) in [5, 5.41) is 0. The Hall–Kier alpha value is -0.830. The maximum Gasteiger partial charge on any atom is 0.263 e. The average molecular weight is 265 g/mol. The average Bonchev–Trinajstić information content (AvgIpc) is 2.75. The van der Waals surface area contributed by atoms with Crippen molar-refractivity contribution < 1.29 is 4.79 Å². The number of rotatable bonds is 2. The van der Waals surface area contributed by atoms with Crippen LogP contribution in [0.2, 0.25) is 0 Å². The summed E-state index contributed by atoms with van der Waals surface area (Å²) in [4.78, 5) is 16.6. The summed E-state index contributed by atoms with van der Waals surface area (Å²) < 4.78 is 0. The molecule has 0 aromatic carbocycles. The standard InChI is InChI=1S/C15H23NOS/c1-10(2)13-9-16(8-7-11(13)3)15(17)14-6-5-12(4)18-14/h5-6,10-11,13H,7-9H2,1-4H3/t11-,13-/m1/s1. The Morgan fingerprint density at radius 1 is 1.44 bits per heavy atom.